The van der Waals surface area contributed by atoms with Gasteiger partial charge in [0.05, 0.1) is 12.2 Å². The molecule has 1 fully saturated rings. The Kier molecular flexibility index (Phi) is 5.53. The largest absolute Gasteiger partial charge is 0.386 e. The van der Waals surface area contributed by atoms with E-state index in [0.717, 1.165) is 6.42 Å². The average Bonchev–Trinajstić information content (AvgIpc) is 2.98. The highest BCUT2D eigenvalue weighted by atomic mass is 16.5. The van der Waals surface area contributed by atoms with E-state index in [0.29, 0.717) is 32.4 Å². The van der Waals surface area contributed by atoms with Crippen LogP contribution in [0.3, 0.4) is 0 Å². The normalized spacial score (nSPS) is 20.2. The van der Waals surface area contributed by atoms with E-state index in [4.69, 9.17) is 9.47 Å². The van der Waals surface area contributed by atoms with Crippen LogP contribution in [0.25, 0.3) is 0 Å². The summed E-state index contributed by atoms with van der Waals surface area (Å²) in [6.45, 7) is 4.16. The molecule has 90 valence electrons. The van der Waals surface area contributed by atoms with E-state index in [1.807, 2.05) is 0 Å². The first-order valence-electron chi connectivity index (χ1n) is 5.66. The van der Waals surface area contributed by atoms with E-state index >= 15 is 0 Å². The van der Waals surface area contributed by atoms with Gasteiger partial charge in [0.15, 0.2) is 0 Å². The van der Waals surface area contributed by atoms with Crippen LogP contribution in [0.15, 0.2) is 0 Å². The topological polar surface area (TPSA) is 50.7 Å². The zero-order chi connectivity index (χ0) is 11.1. The fraction of sp³-hybridized carbons (Fsp3) is 1.00. The molecule has 0 aromatic rings. The summed E-state index contributed by atoms with van der Waals surface area (Å²) >= 11 is 0. The third kappa shape index (κ3) is 6.84. The van der Waals surface area contributed by atoms with Gasteiger partial charge in [-0.15, -0.1) is 0 Å². The predicted octanol–water partition coefficient (Wildman–Crippen LogP) is 0.542. The monoisotopic (exact) mass is 217 g/mol. The summed E-state index contributed by atoms with van der Waals surface area (Å²) in [6, 6.07) is 0.630. The number of nitrogens with one attached hydrogen (secondary N) is 1. The number of hydrogen-bond donors (Lipinski definition) is 2. The van der Waals surface area contributed by atoms with Gasteiger partial charge >= 0.3 is 0 Å². The summed E-state index contributed by atoms with van der Waals surface area (Å²) in [6.07, 6.45) is 3.36. The van der Waals surface area contributed by atoms with Gasteiger partial charge in [0.2, 0.25) is 0 Å². The van der Waals surface area contributed by atoms with E-state index in [-0.39, 0.29) is 0 Å². The molecule has 0 aromatic heterocycles. The summed E-state index contributed by atoms with van der Waals surface area (Å²) < 4.78 is 10.3. The number of ether oxygens (including phenoxy) is 2. The molecule has 1 rings (SSSR count). The van der Waals surface area contributed by atoms with Crippen molar-refractivity contribution >= 4 is 0 Å². The molecule has 0 heterocycles. The third-order valence-electron chi connectivity index (χ3n) is 2.40. The Labute approximate surface area is 92.0 Å². The molecule has 2 N–H and O–H groups in total. The molecule has 1 atom stereocenters. The average molecular weight is 217 g/mol. The number of rotatable bonds is 9. The van der Waals surface area contributed by atoms with Gasteiger partial charge in [-0.1, -0.05) is 0 Å². The smallest absolute Gasteiger partial charge is 0.0975 e. The zero-order valence-electron chi connectivity index (χ0n) is 9.79. The maximum atomic E-state index is 9.93. The van der Waals surface area contributed by atoms with Crippen LogP contribution in [0.1, 0.15) is 26.2 Å². The molecule has 0 radical (unpaired) electrons. The highest BCUT2D eigenvalue weighted by Gasteiger charge is 2.26. The predicted molar refractivity (Wildman–Crippen MR) is 59.0 cm³/mol. The van der Waals surface area contributed by atoms with E-state index in [9.17, 15) is 5.11 Å². The van der Waals surface area contributed by atoms with Crippen LogP contribution in [0, 0.1) is 0 Å². The lowest BCUT2D eigenvalue weighted by Crippen LogP contribution is -2.42. The molecule has 0 spiro atoms. The summed E-state index contributed by atoms with van der Waals surface area (Å²) in [5.41, 5.74) is -0.754. The fourth-order valence-electron chi connectivity index (χ4n) is 1.30. The summed E-state index contributed by atoms with van der Waals surface area (Å²) in [5.74, 6) is 0. The van der Waals surface area contributed by atoms with Crippen molar-refractivity contribution in [2.75, 3.05) is 33.5 Å². The highest BCUT2D eigenvalue weighted by Crippen LogP contribution is 2.19. The fourth-order valence-corrected chi connectivity index (χ4v) is 1.30. The Morgan fingerprint density at radius 1 is 1.40 bits per heavy atom. The van der Waals surface area contributed by atoms with E-state index < -0.39 is 5.60 Å². The molecule has 0 aliphatic heterocycles. The van der Waals surface area contributed by atoms with Crippen molar-refractivity contribution in [3.8, 4) is 0 Å². The molecule has 0 bridgehead atoms. The molecular formula is C11H23NO3. The van der Waals surface area contributed by atoms with Gasteiger partial charge in [-0.05, 0) is 26.2 Å². The first-order valence-corrected chi connectivity index (χ1v) is 5.66. The highest BCUT2D eigenvalue weighted by molar-refractivity contribution is 4.85. The van der Waals surface area contributed by atoms with Crippen LogP contribution in [0.5, 0.6) is 0 Å². The van der Waals surface area contributed by atoms with E-state index in [2.05, 4.69) is 5.32 Å². The lowest BCUT2D eigenvalue weighted by atomic mass is 10.1. The molecular weight excluding hydrogens is 194 g/mol. The molecule has 1 unspecified atom stereocenters. The summed E-state index contributed by atoms with van der Waals surface area (Å²) in [7, 11) is 1.68. The quantitative estimate of drug-likeness (QED) is 0.554. The van der Waals surface area contributed by atoms with Gasteiger partial charge in [-0.2, -0.15) is 0 Å². The molecule has 4 heteroatoms. The van der Waals surface area contributed by atoms with Gasteiger partial charge < -0.3 is 19.9 Å². The maximum absolute atomic E-state index is 9.93. The molecule has 4 nitrogen and oxygen atoms in total. The second-order valence-electron chi connectivity index (χ2n) is 4.55. The SMILES string of the molecule is COCCCOCC(C)(O)CNC1CC1. The second-order valence-corrected chi connectivity index (χ2v) is 4.55. The van der Waals surface area contributed by atoms with Crippen LogP contribution in [-0.2, 0) is 9.47 Å². The Morgan fingerprint density at radius 3 is 2.73 bits per heavy atom. The van der Waals surface area contributed by atoms with Gasteiger partial charge in [0.1, 0.15) is 0 Å². The summed E-state index contributed by atoms with van der Waals surface area (Å²) in [4.78, 5) is 0. The molecule has 1 aliphatic carbocycles. The van der Waals surface area contributed by atoms with Crippen molar-refractivity contribution < 1.29 is 14.6 Å². The molecule has 0 saturated heterocycles. The molecule has 0 amide bonds. The number of aliphatic hydroxyl groups is 1. The van der Waals surface area contributed by atoms with Crippen molar-refractivity contribution in [3.63, 3.8) is 0 Å². The van der Waals surface area contributed by atoms with Gasteiger partial charge in [0, 0.05) is 32.9 Å². The third-order valence-corrected chi connectivity index (χ3v) is 2.40. The first-order chi connectivity index (χ1) is 7.14. The van der Waals surface area contributed by atoms with Crippen molar-refractivity contribution in [3.05, 3.63) is 0 Å². The number of hydrogen-bond acceptors (Lipinski definition) is 4. The van der Waals surface area contributed by atoms with Gasteiger partial charge in [-0.3, -0.25) is 0 Å². The molecule has 0 aromatic carbocycles. The van der Waals surface area contributed by atoms with Crippen molar-refractivity contribution in [2.45, 2.75) is 37.8 Å². The minimum Gasteiger partial charge on any atom is -0.386 e. The Hall–Kier alpha value is -0.160. The lowest BCUT2D eigenvalue weighted by molar-refractivity contribution is -0.0357. The van der Waals surface area contributed by atoms with Crippen LogP contribution in [0.4, 0.5) is 0 Å². The van der Waals surface area contributed by atoms with Gasteiger partial charge in [-0.25, -0.2) is 0 Å². The van der Waals surface area contributed by atoms with E-state index in [1.54, 1.807) is 14.0 Å². The minimum absolute atomic E-state index is 0.385. The zero-order valence-corrected chi connectivity index (χ0v) is 9.79. The van der Waals surface area contributed by atoms with E-state index in [1.165, 1.54) is 12.8 Å². The molecule has 1 saturated carbocycles. The standard InChI is InChI=1S/C11H23NO3/c1-11(13,8-12-10-4-5-10)9-15-7-3-6-14-2/h10,12-13H,3-9H2,1-2H3. The Bertz CT molecular complexity index is 169. The van der Waals surface area contributed by atoms with Crippen molar-refractivity contribution in [1.29, 1.82) is 0 Å². The minimum atomic E-state index is -0.754. The van der Waals surface area contributed by atoms with Crippen LogP contribution in [0.2, 0.25) is 0 Å². The summed E-state index contributed by atoms with van der Waals surface area (Å²) in [5, 5.41) is 13.2. The van der Waals surface area contributed by atoms with Crippen LogP contribution >= 0.6 is 0 Å². The van der Waals surface area contributed by atoms with Gasteiger partial charge in [0.25, 0.3) is 0 Å². The van der Waals surface area contributed by atoms with Crippen LogP contribution in [-0.4, -0.2) is 50.2 Å². The second kappa shape index (κ2) is 6.43. The number of methoxy groups -OCH3 is 1. The Morgan fingerprint density at radius 2 is 2.13 bits per heavy atom. The molecule has 1 aliphatic rings. The maximum Gasteiger partial charge on any atom is 0.0975 e. The molecule has 15 heavy (non-hydrogen) atoms. The lowest BCUT2D eigenvalue weighted by Gasteiger charge is -2.23. The van der Waals surface area contributed by atoms with Crippen molar-refractivity contribution in [1.82, 2.24) is 5.32 Å². The first kappa shape index (κ1) is 12.9. The Balaban J connectivity index is 1.95. The van der Waals surface area contributed by atoms with Crippen LogP contribution < -0.4 is 5.32 Å². The van der Waals surface area contributed by atoms with Crippen molar-refractivity contribution in [2.24, 2.45) is 0 Å².